The zero-order chi connectivity index (χ0) is 15.0. The fourth-order valence-corrected chi connectivity index (χ4v) is 4.50. The van der Waals surface area contributed by atoms with Crippen LogP contribution in [0.1, 0.15) is 45.0 Å². The molecule has 1 aromatic carbocycles. The third-order valence-electron chi connectivity index (χ3n) is 6.29. The number of carbonyl (C=O) groups excluding carboxylic acids is 1. The zero-order valence-corrected chi connectivity index (χ0v) is 12.4. The van der Waals surface area contributed by atoms with Gasteiger partial charge in [0.2, 0.25) is 0 Å². The third kappa shape index (κ3) is 1.13. The molecule has 2 bridgehead atoms. The Kier molecular flexibility index (Phi) is 2.08. The maximum atomic E-state index is 12.1. The molecule has 1 heterocycles. The molecule has 21 heavy (non-hydrogen) atoms. The number of para-hydroxylation sites is 2. The lowest BCUT2D eigenvalue weighted by atomic mass is 9.64. The Hall–Kier alpha value is -1.97. The van der Waals surface area contributed by atoms with Crippen molar-refractivity contribution in [2.45, 2.75) is 44.4 Å². The van der Waals surface area contributed by atoms with Gasteiger partial charge in [-0.2, -0.15) is 0 Å². The molecule has 0 aliphatic heterocycles. The molecule has 4 heteroatoms. The number of aliphatic carboxylic acids is 1. The lowest BCUT2D eigenvalue weighted by Gasteiger charge is -2.41. The van der Waals surface area contributed by atoms with Crippen LogP contribution in [0.4, 0.5) is 0 Å². The van der Waals surface area contributed by atoms with Crippen LogP contribution in [-0.2, 0) is 15.6 Å². The van der Waals surface area contributed by atoms with Crippen LogP contribution in [0.3, 0.4) is 0 Å². The van der Waals surface area contributed by atoms with Crippen LogP contribution >= 0.6 is 0 Å². The molecular weight excluding hydrogens is 264 g/mol. The molecular formula is C17H17N2O2-. The first kappa shape index (κ1) is 12.7. The first-order chi connectivity index (χ1) is 9.84. The number of fused-ring (bicyclic) bond motifs is 6. The Morgan fingerprint density at radius 2 is 1.62 bits per heavy atom. The van der Waals surface area contributed by atoms with Crippen LogP contribution in [0, 0.1) is 5.41 Å². The first-order valence-corrected chi connectivity index (χ1v) is 7.34. The summed E-state index contributed by atoms with van der Waals surface area (Å²) in [7, 11) is 0. The summed E-state index contributed by atoms with van der Waals surface area (Å²) in [6, 6.07) is 7.64. The van der Waals surface area contributed by atoms with Crippen LogP contribution in [0.25, 0.3) is 11.0 Å². The molecule has 1 fully saturated rings. The highest BCUT2D eigenvalue weighted by Gasteiger charge is 2.70. The maximum absolute atomic E-state index is 12.1. The van der Waals surface area contributed by atoms with E-state index < -0.39 is 16.8 Å². The minimum absolute atomic E-state index is 0.264. The van der Waals surface area contributed by atoms with Crippen molar-refractivity contribution in [3.05, 3.63) is 35.7 Å². The smallest absolute Gasteiger partial charge is 0.0890 e. The van der Waals surface area contributed by atoms with Gasteiger partial charge in [0.05, 0.1) is 33.8 Å². The molecule has 108 valence electrons. The number of benzene rings is 1. The summed E-state index contributed by atoms with van der Waals surface area (Å²) < 4.78 is 0. The van der Waals surface area contributed by atoms with E-state index in [4.69, 9.17) is 4.98 Å². The molecule has 2 unspecified atom stereocenters. The van der Waals surface area contributed by atoms with E-state index in [1.54, 1.807) is 0 Å². The predicted molar refractivity (Wildman–Crippen MR) is 76.6 cm³/mol. The lowest BCUT2D eigenvalue weighted by molar-refractivity contribution is -0.317. The van der Waals surface area contributed by atoms with Gasteiger partial charge < -0.3 is 9.90 Å². The number of aromatic nitrogens is 2. The van der Waals surface area contributed by atoms with E-state index in [2.05, 4.69) is 11.9 Å². The number of carbonyl (C=O) groups is 1. The standard InChI is InChI=1S/C17H18N2O2/c1-15(2)16(3)8-9-17(15,14(20)21)13-12(16)18-10-6-4-5-7-11(10)19-13/h4-7H,8-9H2,1-3H3,(H,20,21)/p-1. The minimum atomic E-state index is -1.02. The SMILES string of the molecule is CC12CCC(C(=O)[O-])(c3nc4ccccc4nc31)C2(C)C. The molecule has 0 amide bonds. The molecule has 0 radical (unpaired) electrons. The van der Waals surface area contributed by atoms with Gasteiger partial charge in [-0.15, -0.1) is 0 Å². The normalized spacial score (nSPS) is 32.3. The van der Waals surface area contributed by atoms with Crippen molar-refractivity contribution in [1.82, 2.24) is 9.97 Å². The summed E-state index contributed by atoms with van der Waals surface area (Å²) >= 11 is 0. The molecule has 4 rings (SSSR count). The van der Waals surface area contributed by atoms with E-state index in [0.29, 0.717) is 12.1 Å². The number of hydrogen-bond acceptors (Lipinski definition) is 4. The maximum Gasteiger partial charge on any atom is 0.0890 e. The van der Waals surface area contributed by atoms with Crippen molar-refractivity contribution in [1.29, 1.82) is 0 Å². The van der Waals surface area contributed by atoms with Gasteiger partial charge in [0.1, 0.15) is 0 Å². The second kappa shape index (κ2) is 3.43. The van der Waals surface area contributed by atoms with Gasteiger partial charge in [0.25, 0.3) is 0 Å². The van der Waals surface area contributed by atoms with Crippen molar-refractivity contribution in [2.24, 2.45) is 5.41 Å². The van der Waals surface area contributed by atoms with Gasteiger partial charge in [-0.05, 0) is 30.4 Å². The monoisotopic (exact) mass is 281 g/mol. The van der Waals surface area contributed by atoms with E-state index >= 15 is 0 Å². The Balaban J connectivity index is 2.15. The van der Waals surface area contributed by atoms with Crippen molar-refractivity contribution in [2.75, 3.05) is 0 Å². The summed E-state index contributed by atoms with van der Waals surface area (Å²) in [6.45, 7) is 6.15. The van der Waals surface area contributed by atoms with Gasteiger partial charge in [0, 0.05) is 5.41 Å². The van der Waals surface area contributed by atoms with Crippen molar-refractivity contribution >= 4 is 17.0 Å². The largest absolute Gasteiger partial charge is 0.549 e. The van der Waals surface area contributed by atoms with Crippen LogP contribution in [-0.4, -0.2) is 15.9 Å². The molecule has 1 aromatic heterocycles. The molecule has 0 spiro atoms. The Morgan fingerprint density at radius 1 is 1.05 bits per heavy atom. The number of nitrogens with zero attached hydrogens (tertiary/aromatic N) is 2. The number of carboxylic acid groups (broad SMARTS) is 1. The number of carboxylic acids is 1. The van der Waals surface area contributed by atoms with Crippen molar-refractivity contribution in [3.63, 3.8) is 0 Å². The van der Waals surface area contributed by atoms with Crippen molar-refractivity contribution in [3.8, 4) is 0 Å². The first-order valence-electron chi connectivity index (χ1n) is 7.34. The van der Waals surface area contributed by atoms with E-state index in [1.807, 2.05) is 38.1 Å². The quantitative estimate of drug-likeness (QED) is 0.798. The average molecular weight is 281 g/mol. The predicted octanol–water partition coefficient (Wildman–Crippen LogP) is 1.71. The van der Waals surface area contributed by atoms with Gasteiger partial charge in [-0.3, -0.25) is 0 Å². The van der Waals surface area contributed by atoms with Gasteiger partial charge in [-0.25, -0.2) is 9.97 Å². The molecule has 2 aliphatic rings. The summed E-state index contributed by atoms with van der Waals surface area (Å²) in [4.78, 5) is 21.5. The molecule has 4 nitrogen and oxygen atoms in total. The molecule has 2 atom stereocenters. The Morgan fingerprint density at radius 3 is 2.19 bits per heavy atom. The lowest BCUT2D eigenvalue weighted by Crippen LogP contribution is -2.52. The fourth-order valence-electron chi connectivity index (χ4n) is 4.50. The Bertz CT molecular complexity index is 798. The van der Waals surface area contributed by atoms with Crippen LogP contribution in [0.15, 0.2) is 24.3 Å². The summed E-state index contributed by atoms with van der Waals surface area (Å²) in [5.74, 6) is -1.01. The topological polar surface area (TPSA) is 65.9 Å². The van der Waals surface area contributed by atoms with Crippen LogP contribution < -0.4 is 5.11 Å². The molecule has 0 saturated heterocycles. The van der Waals surface area contributed by atoms with Gasteiger partial charge >= 0.3 is 0 Å². The summed E-state index contributed by atoms with van der Waals surface area (Å²) in [6.07, 6.45) is 1.40. The van der Waals surface area contributed by atoms with E-state index in [-0.39, 0.29) is 5.41 Å². The van der Waals surface area contributed by atoms with Crippen LogP contribution in [0.5, 0.6) is 0 Å². The summed E-state index contributed by atoms with van der Waals surface area (Å²) in [5.41, 5.74) is 1.33. The minimum Gasteiger partial charge on any atom is -0.549 e. The molecule has 2 aromatic rings. The summed E-state index contributed by atoms with van der Waals surface area (Å²) in [5, 5.41) is 12.1. The zero-order valence-electron chi connectivity index (χ0n) is 12.4. The highest BCUT2D eigenvalue weighted by molar-refractivity contribution is 5.86. The molecule has 2 aliphatic carbocycles. The third-order valence-corrected chi connectivity index (χ3v) is 6.29. The molecule has 1 saturated carbocycles. The van der Waals surface area contributed by atoms with Crippen LogP contribution in [0.2, 0.25) is 0 Å². The highest BCUT2D eigenvalue weighted by atomic mass is 16.4. The number of hydrogen-bond donors (Lipinski definition) is 0. The fraction of sp³-hybridized carbons (Fsp3) is 0.471. The van der Waals surface area contributed by atoms with Gasteiger partial charge in [-0.1, -0.05) is 32.9 Å². The van der Waals surface area contributed by atoms with E-state index in [9.17, 15) is 9.90 Å². The number of rotatable bonds is 1. The van der Waals surface area contributed by atoms with Crippen molar-refractivity contribution < 1.29 is 9.90 Å². The second-order valence-corrected chi connectivity index (χ2v) is 7.06. The Labute approximate surface area is 123 Å². The molecule has 0 N–H and O–H groups in total. The highest BCUT2D eigenvalue weighted by Crippen LogP contribution is 2.69. The second-order valence-electron chi connectivity index (χ2n) is 7.06. The average Bonchev–Trinajstić information content (AvgIpc) is 2.74. The van der Waals surface area contributed by atoms with E-state index in [0.717, 1.165) is 23.1 Å². The van der Waals surface area contributed by atoms with E-state index in [1.165, 1.54) is 0 Å². The van der Waals surface area contributed by atoms with Gasteiger partial charge in [0.15, 0.2) is 0 Å².